The van der Waals surface area contributed by atoms with Crippen LogP contribution in [-0.4, -0.2) is 11.1 Å². The Hall–Kier alpha value is -1.59. The van der Waals surface area contributed by atoms with Crippen LogP contribution in [0.2, 0.25) is 5.02 Å². The maximum absolute atomic E-state index is 13.6. The van der Waals surface area contributed by atoms with Crippen LogP contribution in [0.1, 0.15) is 15.2 Å². The lowest BCUT2D eigenvalue weighted by Gasteiger charge is -2.07. The Labute approximate surface area is 111 Å². The molecule has 2 rings (SSSR count). The van der Waals surface area contributed by atoms with Crippen molar-refractivity contribution in [1.82, 2.24) is 0 Å². The predicted octanol–water partition coefficient (Wildman–Crippen LogP) is 3.82. The minimum absolute atomic E-state index is 0.0138. The number of rotatable bonds is 4. The number of halogens is 2. The topological polar surface area (TPSA) is 46.5 Å². The summed E-state index contributed by atoms with van der Waals surface area (Å²) in [7, 11) is 0. The van der Waals surface area contributed by atoms with E-state index in [2.05, 4.69) is 0 Å². The van der Waals surface area contributed by atoms with Crippen molar-refractivity contribution >= 4 is 28.9 Å². The summed E-state index contributed by atoms with van der Waals surface area (Å²) in [6, 6.07) is 6.12. The number of benzene rings is 1. The van der Waals surface area contributed by atoms with Gasteiger partial charge in [-0.2, -0.15) is 0 Å². The van der Waals surface area contributed by atoms with Crippen molar-refractivity contribution in [2.24, 2.45) is 0 Å². The van der Waals surface area contributed by atoms with E-state index in [0.29, 0.717) is 0 Å². The average molecular weight is 287 g/mol. The van der Waals surface area contributed by atoms with Crippen LogP contribution >= 0.6 is 22.9 Å². The van der Waals surface area contributed by atoms with Crippen LogP contribution in [0, 0.1) is 5.82 Å². The molecule has 0 fully saturated rings. The molecule has 0 amide bonds. The summed E-state index contributed by atoms with van der Waals surface area (Å²) >= 11 is 6.69. The normalized spacial score (nSPS) is 10.3. The average Bonchev–Trinajstić information content (AvgIpc) is 2.79. The fourth-order valence-electron chi connectivity index (χ4n) is 1.38. The lowest BCUT2D eigenvalue weighted by atomic mass is 10.2. The molecular formula is C12H8ClFO3S. The van der Waals surface area contributed by atoms with E-state index < -0.39 is 11.8 Å². The third-order valence-corrected chi connectivity index (χ3v) is 3.41. The summed E-state index contributed by atoms with van der Waals surface area (Å²) in [4.78, 5) is 10.9. The van der Waals surface area contributed by atoms with Crippen LogP contribution in [0.15, 0.2) is 29.6 Å². The van der Waals surface area contributed by atoms with Crippen molar-refractivity contribution in [3.8, 4) is 5.75 Å². The standard InChI is InChI=1S/C12H8ClFO3S/c13-8-3-1-2-7(10(8)14)6-17-9-4-5-18-11(9)12(15)16/h1-5H,6H2,(H,15,16). The monoisotopic (exact) mass is 286 g/mol. The first-order valence-electron chi connectivity index (χ1n) is 4.96. The summed E-state index contributed by atoms with van der Waals surface area (Å²) in [5.41, 5.74) is 0.282. The zero-order valence-electron chi connectivity index (χ0n) is 9.02. The van der Waals surface area contributed by atoms with Crippen LogP contribution in [0.4, 0.5) is 4.39 Å². The Morgan fingerprint density at radius 3 is 2.94 bits per heavy atom. The number of aromatic carboxylic acids is 1. The van der Waals surface area contributed by atoms with E-state index >= 15 is 0 Å². The van der Waals surface area contributed by atoms with Gasteiger partial charge in [0.15, 0.2) is 4.88 Å². The molecule has 0 unspecified atom stereocenters. The molecule has 1 aromatic heterocycles. The third kappa shape index (κ3) is 2.63. The fourth-order valence-corrected chi connectivity index (χ4v) is 2.25. The maximum Gasteiger partial charge on any atom is 0.349 e. The minimum Gasteiger partial charge on any atom is -0.487 e. The van der Waals surface area contributed by atoms with Crippen molar-refractivity contribution in [2.45, 2.75) is 6.61 Å². The number of hydrogen-bond donors (Lipinski definition) is 1. The predicted molar refractivity (Wildman–Crippen MR) is 67.0 cm³/mol. The summed E-state index contributed by atoms with van der Waals surface area (Å²) in [5, 5.41) is 10.5. The molecule has 1 heterocycles. The SMILES string of the molecule is O=C(O)c1sccc1OCc1cccc(Cl)c1F. The third-order valence-electron chi connectivity index (χ3n) is 2.24. The second kappa shape index (κ2) is 5.37. The lowest BCUT2D eigenvalue weighted by Crippen LogP contribution is -2.02. The molecule has 1 N–H and O–H groups in total. The molecule has 94 valence electrons. The lowest BCUT2D eigenvalue weighted by molar-refractivity contribution is 0.0697. The second-order valence-electron chi connectivity index (χ2n) is 3.42. The van der Waals surface area contributed by atoms with Crippen LogP contribution in [-0.2, 0) is 6.61 Å². The zero-order chi connectivity index (χ0) is 13.1. The highest BCUT2D eigenvalue weighted by molar-refractivity contribution is 7.12. The van der Waals surface area contributed by atoms with Gasteiger partial charge in [0.1, 0.15) is 18.2 Å². The van der Waals surface area contributed by atoms with Crippen molar-refractivity contribution in [2.75, 3.05) is 0 Å². The number of ether oxygens (including phenoxy) is 1. The highest BCUT2D eigenvalue weighted by atomic mass is 35.5. The van der Waals surface area contributed by atoms with Gasteiger partial charge >= 0.3 is 5.97 Å². The molecule has 18 heavy (non-hydrogen) atoms. The first kappa shape index (κ1) is 12.9. The quantitative estimate of drug-likeness (QED) is 0.929. The van der Waals surface area contributed by atoms with Gasteiger partial charge in [-0.15, -0.1) is 11.3 Å². The van der Waals surface area contributed by atoms with Gasteiger partial charge in [-0.25, -0.2) is 9.18 Å². The molecule has 0 aliphatic heterocycles. The largest absolute Gasteiger partial charge is 0.487 e. The van der Waals surface area contributed by atoms with E-state index in [4.69, 9.17) is 21.4 Å². The van der Waals surface area contributed by atoms with Crippen molar-refractivity contribution in [3.05, 3.63) is 50.9 Å². The number of hydrogen-bond acceptors (Lipinski definition) is 3. The van der Waals surface area contributed by atoms with E-state index in [1.807, 2.05) is 0 Å². The highest BCUT2D eigenvalue weighted by Crippen LogP contribution is 2.26. The molecule has 0 spiro atoms. The van der Waals surface area contributed by atoms with Crippen LogP contribution < -0.4 is 4.74 Å². The van der Waals surface area contributed by atoms with Crippen molar-refractivity contribution in [3.63, 3.8) is 0 Å². The van der Waals surface area contributed by atoms with E-state index in [1.54, 1.807) is 11.4 Å². The van der Waals surface area contributed by atoms with Gasteiger partial charge < -0.3 is 9.84 Å². The van der Waals surface area contributed by atoms with Gasteiger partial charge in [-0.3, -0.25) is 0 Å². The molecule has 0 radical (unpaired) electrons. The van der Waals surface area contributed by atoms with Gasteiger partial charge in [-0.05, 0) is 17.5 Å². The number of carbonyl (C=O) groups is 1. The van der Waals surface area contributed by atoms with E-state index in [1.165, 1.54) is 18.2 Å². The Balaban J connectivity index is 2.14. The molecule has 3 nitrogen and oxygen atoms in total. The summed E-state index contributed by atoms with van der Waals surface area (Å²) < 4.78 is 18.9. The molecule has 0 aliphatic carbocycles. The smallest absolute Gasteiger partial charge is 0.349 e. The van der Waals surface area contributed by atoms with Gasteiger partial charge in [0.25, 0.3) is 0 Å². The molecule has 6 heteroatoms. The zero-order valence-corrected chi connectivity index (χ0v) is 10.6. The number of carboxylic acid groups (broad SMARTS) is 1. The highest BCUT2D eigenvalue weighted by Gasteiger charge is 2.14. The van der Waals surface area contributed by atoms with E-state index in [9.17, 15) is 9.18 Å². The summed E-state index contributed by atoms with van der Waals surface area (Å²) in [6.07, 6.45) is 0. The fraction of sp³-hybridized carbons (Fsp3) is 0.0833. The van der Waals surface area contributed by atoms with Crippen LogP contribution in [0.3, 0.4) is 0 Å². The molecule has 0 aliphatic rings. The number of carboxylic acids is 1. The molecular weight excluding hydrogens is 279 g/mol. The Morgan fingerprint density at radius 2 is 2.22 bits per heavy atom. The van der Waals surface area contributed by atoms with Crippen LogP contribution in [0.25, 0.3) is 0 Å². The first-order chi connectivity index (χ1) is 8.59. The first-order valence-corrected chi connectivity index (χ1v) is 6.22. The molecule has 2 aromatic rings. The summed E-state index contributed by atoms with van der Waals surface area (Å²) in [6.45, 7) is -0.0661. The van der Waals surface area contributed by atoms with Crippen molar-refractivity contribution < 1.29 is 19.0 Å². The van der Waals surface area contributed by atoms with Crippen molar-refractivity contribution in [1.29, 1.82) is 0 Å². The van der Waals surface area contributed by atoms with E-state index in [0.717, 1.165) is 11.3 Å². The van der Waals surface area contributed by atoms with E-state index in [-0.39, 0.29) is 27.8 Å². The Bertz CT molecular complexity index is 582. The van der Waals surface area contributed by atoms with Gasteiger partial charge in [0.05, 0.1) is 5.02 Å². The molecule has 1 aromatic carbocycles. The maximum atomic E-state index is 13.6. The molecule has 0 atom stereocenters. The van der Waals surface area contributed by atoms with Gasteiger partial charge in [0, 0.05) is 5.56 Å². The molecule has 0 saturated heterocycles. The molecule has 0 bridgehead atoms. The molecule has 0 saturated carbocycles. The summed E-state index contributed by atoms with van der Waals surface area (Å²) in [5.74, 6) is -1.38. The van der Waals surface area contributed by atoms with Gasteiger partial charge in [-0.1, -0.05) is 23.7 Å². The second-order valence-corrected chi connectivity index (χ2v) is 4.74. The Kier molecular flexibility index (Phi) is 3.84. The number of thiophene rings is 1. The minimum atomic E-state index is -1.06. The van der Waals surface area contributed by atoms with Gasteiger partial charge in [0.2, 0.25) is 0 Å². The Morgan fingerprint density at radius 1 is 1.44 bits per heavy atom. The van der Waals surface area contributed by atoms with Crippen LogP contribution in [0.5, 0.6) is 5.75 Å².